The highest BCUT2D eigenvalue weighted by molar-refractivity contribution is 7.86. The fourth-order valence-corrected chi connectivity index (χ4v) is 2.04. The maximum atomic E-state index is 10.8. The third-order valence-electron chi connectivity index (χ3n) is 1.45. The molecule has 0 saturated carbocycles. The van der Waals surface area contributed by atoms with E-state index in [9.17, 15) is 16.8 Å². The van der Waals surface area contributed by atoms with Crippen LogP contribution in [0.25, 0.3) is 0 Å². The predicted molar refractivity (Wildman–Crippen MR) is 57.3 cm³/mol. The van der Waals surface area contributed by atoms with Crippen LogP contribution in [0.5, 0.6) is 0 Å². The molecule has 1 aromatic carbocycles. The SMILES string of the molecule is O=S(=O)(O)N=Nc1ccc(Cl)c(S(=O)(=O)O)c1. The quantitative estimate of drug-likeness (QED) is 0.641. The van der Waals surface area contributed by atoms with Gasteiger partial charge in [0.2, 0.25) is 0 Å². The van der Waals surface area contributed by atoms with Gasteiger partial charge in [-0.3, -0.25) is 9.11 Å². The molecule has 0 amide bonds. The van der Waals surface area contributed by atoms with Gasteiger partial charge in [-0.2, -0.15) is 16.8 Å². The summed E-state index contributed by atoms with van der Waals surface area (Å²) >= 11 is 5.49. The molecule has 0 aliphatic heterocycles. The minimum atomic E-state index is -4.67. The zero-order valence-electron chi connectivity index (χ0n) is 7.85. The lowest BCUT2D eigenvalue weighted by molar-refractivity contribution is 0.481. The number of halogens is 1. The minimum Gasteiger partial charge on any atom is -0.282 e. The van der Waals surface area contributed by atoms with E-state index in [-0.39, 0.29) is 10.7 Å². The zero-order chi connectivity index (χ0) is 13.3. The summed E-state index contributed by atoms with van der Waals surface area (Å²) in [5.41, 5.74) is -0.223. The molecular formula is C6H5ClN2O6S2. The van der Waals surface area contributed by atoms with Crippen LogP contribution in [0, 0.1) is 0 Å². The Hall–Kier alpha value is -1.07. The van der Waals surface area contributed by atoms with Crippen LogP contribution < -0.4 is 0 Å². The van der Waals surface area contributed by atoms with Gasteiger partial charge in [0.15, 0.2) is 0 Å². The molecule has 0 fully saturated rings. The molecule has 0 bridgehead atoms. The van der Waals surface area contributed by atoms with E-state index in [1.165, 1.54) is 0 Å². The monoisotopic (exact) mass is 300 g/mol. The number of benzene rings is 1. The van der Waals surface area contributed by atoms with Crippen LogP contribution in [-0.2, 0) is 20.4 Å². The molecule has 0 spiro atoms. The lowest BCUT2D eigenvalue weighted by Gasteiger charge is -2.00. The molecule has 0 saturated heterocycles. The number of hydrogen-bond donors (Lipinski definition) is 2. The third-order valence-corrected chi connectivity index (χ3v) is 3.08. The smallest absolute Gasteiger partial charge is 0.282 e. The van der Waals surface area contributed by atoms with Crippen molar-refractivity contribution >= 4 is 37.7 Å². The van der Waals surface area contributed by atoms with E-state index in [2.05, 4.69) is 9.63 Å². The fraction of sp³-hybridized carbons (Fsp3) is 0. The maximum absolute atomic E-state index is 10.8. The van der Waals surface area contributed by atoms with Crippen molar-refractivity contribution in [2.45, 2.75) is 4.90 Å². The first-order valence-electron chi connectivity index (χ1n) is 3.77. The van der Waals surface area contributed by atoms with E-state index in [0.717, 1.165) is 18.2 Å². The van der Waals surface area contributed by atoms with Crippen molar-refractivity contribution in [3.05, 3.63) is 23.2 Å². The van der Waals surface area contributed by atoms with Crippen LogP contribution >= 0.6 is 11.6 Å². The second-order valence-corrected chi connectivity index (χ2v) is 5.58. The van der Waals surface area contributed by atoms with Crippen LogP contribution in [0.3, 0.4) is 0 Å². The van der Waals surface area contributed by atoms with E-state index in [1.807, 2.05) is 0 Å². The Labute approximate surface area is 102 Å². The Morgan fingerprint density at radius 2 is 1.71 bits per heavy atom. The summed E-state index contributed by atoms with van der Waals surface area (Å²) in [5.74, 6) is 0. The Morgan fingerprint density at radius 1 is 1.12 bits per heavy atom. The second kappa shape index (κ2) is 4.66. The highest BCUT2D eigenvalue weighted by Gasteiger charge is 2.15. The fourth-order valence-electron chi connectivity index (χ4n) is 0.851. The Morgan fingerprint density at radius 3 is 2.18 bits per heavy atom. The zero-order valence-corrected chi connectivity index (χ0v) is 10.2. The number of nitrogens with zero attached hydrogens (tertiary/aromatic N) is 2. The van der Waals surface area contributed by atoms with Gasteiger partial charge in [0.25, 0.3) is 10.1 Å². The Balaban J connectivity index is 3.28. The Kier molecular flexibility index (Phi) is 3.84. The van der Waals surface area contributed by atoms with Crippen molar-refractivity contribution in [1.82, 2.24) is 0 Å². The molecule has 2 N–H and O–H groups in total. The molecule has 0 aromatic heterocycles. The molecule has 0 unspecified atom stereocenters. The first kappa shape index (κ1) is 14.0. The molecule has 8 nitrogen and oxygen atoms in total. The average molecular weight is 301 g/mol. The largest absolute Gasteiger partial charge is 0.396 e. The van der Waals surface area contributed by atoms with Crippen LogP contribution in [-0.4, -0.2) is 25.9 Å². The van der Waals surface area contributed by atoms with E-state index in [0.29, 0.717) is 0 Å². The lowest BCUT2D eigenvalue weighted by atomic mass is 10.3. The number of rotatable bonds is 3. The van der Waals surface area contributed by atoms with Gasteiger partial charge in [-0.25, -0.2) is 0 Å². The minimum absolute atomic E-state index is 0.223. The van der Waals surface area contributed by atoms with Crippen LogP contribution in [0.2, 0.25) is 5.02 Å². The maximum Gasteiger partial charge on any atom is 0.396 e. The van der Waals surface area contributed by atoms with E-state index in [4.69, 9.17) is 20.7 Å². The third kappa shape index (κ3) is 4.36. The Bertz CT molecular complexity index is 666. The van der Waals surface area contributed by atoms with Gasteiger partial charge < -0.3 is 0 Å². The average Bonchev–Trinajstić information content (AvgIpc) is 2.13. The molecule has 0 radical (unpaired) electrons. The first-order valence-corrected chi connectivity index (χ1v) is 6.98. The lowest BCUT2D eigenvalue weighted by Crippen LogP contribution is -1.98. The van der Waals surface area contributed by atoms with E-state index >= 15 is 0 Å². The number of hydrogen-bond acceptors (Lipinski definition) is 5. The van der Waals surface area contributed by atoms with Gasteiger partial charge in [-0.1, -0.05) is 11.6 Å². The standard InChI is InChI=1S/C6H5ClN2O6S2/c7-5-2-1-4(8-9-17(13,14)15)3-6(5)16(10,11)12/h1-3H,(H,10,11,12)(H,13,14,15). The van der Waals surface area contributed by atoms with Gasteiger partial charge in [-0.15, -0.1) is 5.11 Å². The molecule has 0 heterocycles. The van der Waals surface area contributed by atoms with Crippen molar-refractivity contribution in [2.24, 2.45) is 9.63 Å². The molecule has 1 aromatic rings. The molecular weight excluding hydrogens is 296 g/mol. The van der Waals surface area contributed by atoms with Gasteiger partial charge in [0.05, 0.1) is 10.7 Å². The summed E-state index contributed by atoms with van der Waals surface area (Å²) in [6, 6.07) is 3.01. The van der Waals surface area contributed by atoms with Crippen molar-refractivity contribution in [3.63, 3.8) is 0 Å². The summed E-state index contributed by atoms with van der Waals surface area (Å²) in [7, 11) is -9.22. The molecule has 0 aliphatic carbocycles. The summed E-state index contributed by atoms with van der Waals surface area (Å²) in [6.07, 6.45) is 0. The highest BCUT2D eigenvalue weighted by atomic mass is 35.5. The molecule has 0 aliphatic rings. The highest BCUT2D eigenvalue weighted by Crippen LogP contribution is 2.26. The topological polar surface area (TPSA) is 133 Å². The molecule has 17 heavy (non-hydrogen) atoms. The molecule has 0 atom stereocenters. The van der Waals surface area contributed by atoms with E-state index < -0.39 is 25.3 Å². The van der Waals surface area contributed by atoms with Crippen LogP contribution in [0.15, 0.2) is 32.7 Å². The van der Waals surface area contributed by atoms with Crippen LogP contribution in [0.1, 0.15) is 0 Å². The van der Waals surface area contributed by atoms with E-state index in [1.54, 1.807) is 0 Å². The first-order chi connectivity index (χ1) is 7.59. The molecule has 1 rings (SSSR count). The van der Waals surface area contributed by atoms with Gasteiger partial charge in [0.1, 0.15) is 4.90 Å². The summed E-state index contributed by atoms with van der Waals surface area (Å²) in [6.45, 7) is 0. The predicted octanol–water partition coefficient (Wildman–Crippen LogP) is 1.47. The summed E-state index contributed by atoms with van der Waals surface area (Å²) < 4.78 is 61.8. The summed E-state index contributed by atoms with van der Waals surface area (Å²) in [4.78, 5) is -0.647. The van der Waals surface area contributed by atoms with Crippen molar-refractivity contribution < 1.29 is 25.9 Å². The van der Waals surface area contributed by atoms with Crippen molar-refractivity contribution in [3.8, 4) is 0 Å². The summed E-state index contributed by atoms with van der Waals surface area (Å²) in [5, 5.41) is 2.78. The molecule has 11 heteroatoms. The van der Waals surface area contributed by atoms with Gasteiger partial charge >= 0.3 is 10.3 Å². The second-order valence-electron chi connectivity index (χ2n) is 2.72. The molecule has 94 valence electrons. The van der Waals surface area contributed by atoms with Crippen molar-refractivity contribution in [1.29, 1.82) is 0 Å². The van der Waals surface area contributed by atoms with Gasteiger partial charge in [-0.05, 0) is 22.7 Å². The van der Waals surface area contributed by atoms with Crippen molar-refractivity contribution in [2.75, 3.05) is 0 Å². The van der Waals surface area contributed by atoms with Gasteiger partial charge in [0, 0.05) is 0 Å². The van der Waals surface area contributed by atoms with Crippen LogP contribution in [0.4, 0.5) is 5.69 Å². The normalized spacial score (nSPS) is 13.1.